The lowest BCUT2D eigenvalue weighted by molar-refractivity contribution is -0.137. The van der Waals surface area contributed by atoms with Crippen LogP contribution < -0.4 is 0 Å². The standard InChI is InChI=1S/C14H12BrF3O/c1-9-2-7-13(19-9)12(15)8-10-3-5-11(6-4-10)14(16,17)18/h2-7,12H,8H2,1H3. The number of benzene rings is 1. The molecule has 1 aromatic carbocycles. The SMILES string of the molecule is Cc1ccc(C(Br)Cc2ccc(C(F)(F)F)cc2)o1. The number of hydrogen-bond donors (Lipinski definition) is 0. The zero-order chi connectivity index (χ0) is 14.0. The number of alkyl halides is 4. The molecule has 0 saturated carbocycles. The Balaban J connectivity index is 2.07. The van der Waals surface area contributed by atoms with Crippen LogP contribution in [-0.2, 0) is 12.6 Å². The van der Waals surface area contributed by atoms with Crippen molar-refractivity contribution >= 4 is 15.9 Å². The second-order valence-electron chi connectivity index (χ2n) is 4.31. The molecule has 1 nitrogen and oxygen atoms in total. The van der Waals surface area contributed by atoms with Crippen molar-refractivity contribution in [3.8, 4) is 0 Å². The number of aryl methyl sites for hydroxylation is 1. The fourth-order valence-electron chi connectivity index (χ4n) is 1.76. The van der Waals surface area contributed by atoms with E-state index in [1.165, 1.54) is 12.1 Å². The van der Waals surface area contributed by atoms with Crippen LogP contribution in [0.2, 0.25) is 0 Å². The number of furan rings is 1. The van der Waals surface area contributed by atoms with Gasteiger partial charge in [0.1, 0.15) is 11.5 Å². The van der Waals surface area contributed by atoms with E-state index in [0.717, 1.165) is 29.2 Å². The third kappa shape index (κ3) is 3.62. The summed E-state index contributed by atoms with van der Waals surface area (Å²) in [6.07, 6.45) is -3.71. The largest absolute Gasteiger partial charge is 0.465 e. The monoisotopic (exact) mass is 332 g/mol. The van der Waals surface area contributed by atoms with Crippen molar-refractivity contribution in [1.29, 1.82) is 0 Å². The Hall–Kier alpha value is -1.23. The van der Waals surface area contributed by atoms with Crippen LogP contribution in [0, 0.1) is 6.92 Å². The molecule has 1 unspecified atom stereocenters. The van der Waals surface area contributed by atoms with Crippen molar-refractivity contribution < 1.29 is 17.6 Å². The Labute approximate surface area is 117 Å². The summed E-state index contributed by atoms with van der Waals surface area (Å²) in [7, 11) is 0. The van der Waals surface area contributed by atoms with E-state index >= 15 is 0 Å². The van der Waals surface area contributed by atoms with Crippen molar-refractivity contribution in [1.82, 2.24) is 0 Å². The van der Waals surface area contributed by atoms with E-state index < -0.39 is 11.7 Å². The first-order valence-corrected chi connectivity index (χ1v) is 6.64. The highest BCUT2D eigenvalue weighted by atomic mass is 79.9. The molecular formula is C14H12BrF3O. The predicted molar refractivity (Wildman–Crippen MR) is 70.3 cm³/mol. The van der Waals surface area contributed by atoms with E-state index in [2.05, 4.69) is 15.9 Å². The summed E-state index contributed by atoms with van der Waals surface area (Å²) >= 11 is 3.48. The molecular weight excluding hydrogens is 321 g/mol. The van der Waals surface area contributed by atoms with E-state index in [0.29, 0.717) is 6.42 Å². The topological polar surface area (TPSA) is 13.1 Å². The molecule has 0 bridgehead atoms. The fourth-order valence-corrected chi connectivity index (χ4v) is 2.38. The molecule has 0 aliphatic carbocycles. The highest BCUT2D eigenvalue weighted by Crippen LogP contribution is 2.31. The van der Waals surface area contributed by atoms with Crippen LogP contribution >= 0.6 is 15.9 Å². The Bertz CT molecular complexity index is 543. The lowest BCUT2D eigenvalue weighted by Gasteiger charge is -2.09. The second kappa shape index (κ2) is 5.41. The Kier molecular flexibility index (Phi) is 4.04. The quantitative estimate of drug-likeness (QED) is 0.696. The molecule has 0 N–H and O–H groups in total. The molecule has 0 saturated heterocycles. The molecule has 5 heteroatoms. The maximum absolute atomic E-state index is 12.4. The molecule has 1 heterocycles. The van der Waals surface area contributed by atoms with Gasteiger partial charge in [0.25, 0.3) is 0 Å². The Morgan fingerprint density at radius 1 is 1.11 bits per heavy atom. The van der Waals surface area contributed by atoms with Crippen LogP contribution in [0.15, 0.2) is 40.8 Å². The summed E-state index contributed by atoms with van der Waals surface area (Å²) in [4.78, 5) is -0.0436. The van der Waals surface area contributed by atoms with Gasteiger partial charge in [0.15, 0.2) is 0 Å². The van der Waals surface area contributed by atoms with Gasteiger partial charge in [-0.3, -0.25) is 0 Å². The average molecular weight is 333 g/mol. The minimum Gasteiger partial charge on any atom is -0.465 e. The van der Waals surface area contributed by atoms with E-state index in [1.54, 1.807) is 0 Å². The maximum Gasteiger partial charge on any atom is 0.416 e. The van der Waals surface area contributed by atoms with Crippen LogP contribution in [0.1, 0.15) is 27.5 Å². The van der Waals surface area contributed by atoms with Crippen LogP contribution in [0.5, 0.6) is 0 Å². The molecule has 0 amide bonds. The summed E-state index contributed by atoms with van der Waals surface area (Å²) in [5.41, 5.74) is 0.195. The summed E-state index contributed by atoms with van der Waals surface area (Å²) in [6.45, 7) is 1.85. The van der Waals surface area contributed by atoms with Crippen LogP contribution in [0.3, 0.4) is 0 Å². The van der Waals surface area contributed by atoms with Crippen LogP contribution in [-0.4, -0.2) is 0 Å². The Morgan fingerprint density at radius 2 is 1.74 bits per heavy atom. The molecule has 102 valence electrons. The summed E-state index contributed by atoms with van der Waals surface area (Å²) in [6, 6.07) is 8.90. The molecule has 0 aliphatic rings. The second-order valence-corrected chi connectivity index (χ2v) is 5.42. The molecule has 1 atom stereocenters. The maximum atomic E-state index is 12.4. The average Bonchev–Trinajstić information content (AvgIpc) is 2.75. The molecule has 0 radical (unpaired) electrons. The van der Waals surface area contributed by atoms with Gasteiger partial charge in [-0.15, -0.1) is 0 Å². The molecule has 0 spiro atoms. The third-order valence-electron chi connectivity index (χ3n) is 2.77. The zero-order valence-electron chi connectivity index (χ0n) is 10.2. The summed E-state index contributed by atoms with van der Waals surface area (Å²) < 4.78 is 42.7. The molecule has 2 rings (SSSR count). The normalized spacial score (nSPS) is 13.5. The Morgan fingerprint density at radius 3 is 2.21 bits per heavy atom. The van der Waals surface area contributed by atoms with E-state index in [-0.39, 0.29) is 4.83 Å². The minimum absolute atomic E-state index is 0.0436. The van der Waals surface area contributed by atoms with Crippen molar-refractivity contribution in [2.75, 3.05) is 0 Å². The van der Waals surface area contributed by atoms with E-state index in [9.17, 15) is 13.2 Å². The molecule has 0 aliphatic heterocycles. The first-order valence-electron chi connectivity index (χ1n) is 5.73. The van der Waals surface area contributed by atoms with Gasteiger partial charge >= 0.3 is 6.18 Å². The first-order chi connectivity index (χ1) is 8.86. The molecule has 19 heavy (non-hydrogen) atoms. The number of halogens is 4. The highest BCUT2D eigenvalue weighted by Gasteiger charge is 2.30. The van der Waals surface area contributed by atoms with Crippen molar-refractivity contribution in [2.45, 2.75) is 24.3 Å². The lowest BCUT2D eigenvalue weighted by atomic mass is 10.1. The van der Waals surface area contributed by atoms with Crippen LogP contribution in [0.4, 0.5) is 13.2 Å². The number of rotatable bonds is 3. The fraction of sp³-hybridized carbons (Fsp3) is 0.286. The first kappa shape index (κ1) is 14.2. The third-order valence-corrected chi connectivity index (χ3v) is 3.54. The van der Waals surface area contributed by atoms with E-state index in [1.807, 2.05) is 19.1 Å². The van der Waals surface area contributed by atoms with Gasteiger partial charge in [-0.1, -0.05) is 28.1 Å². The van der Waals surface area contributed by atoms with Gasteiger partial charge in [-0.2, -0.15) is 13.2 Å². The van der Waals surface area contributed by atoms with E-state index in [4.69, 9.17) is 4.42 Å². The van der Waals surface area contributed by atoms with Gasteiger partial charge < -0.3 is 4.42 Å². The summed E-state index contributed by atoms with van der Waals surface area (Å²) in [5.74, 6) is 1.59. The van der Waals surface area contributed by atoms with Gasteiger partial charge in [0.2, 0.25) is 0 Å². The smallest absolute Gasteiger partial charge is 0.416 e. The lowest BCUT2D eigenvalue weighted by Crippen LogP contribution is -2.04. The molecule has 0 fully saturated rings. The van der Waals surface area contributed by atoms with Gasteiger partial charge in [-0.05, 0) is 43.2 Å². The van der Waals surface area contributed by atoms with Crippen molar-refractivity contribution in [3.05, 3.63) is 59.0 Å². The highest BCUT2D eigenvalue weighted by molar-refractivity contribution is 9.09. The molecule has 2 aromatic rings. The van der Waals surface area contributed by atoms with Gasteiger partial charge in [0.05, 0.1) is 10.4 Å². The van der Waals surface area contributed by atoms with Crippen molar-refractivity contribution in [3.63, 3.8) is 0 Å². The van der Waals surface area contributed by atoms with Gasteiger partial charge in [0, 0.05) is 0 Å². The minimum atomic E-state index is -4.29. The van der Waals surface area contributed by atoms with Crippen molar-refractivity contribution in [2.24, 2.45) is 0 Å². The van der Waals surface area contributed by atoms with Gasteiger partial charge in [-0.25, -0.2) is 0 Å². The zero-order valence-corrected chi connectivity index (χ0v) is 11.8. The molecule has 1 aromatic heterocycles. The predicted octanol–water partition coefficient (Wildman–Crippen LogP) is 5.29. The van der Waals surface area contributed by atoms with Crippen LogP contribution in [0.25, 0.3) is 0 Å². The summed E-state index contributed by atoms with van der Waals surface area (Å²) in [5, 5.41) is 0. The number of hydrogen-bond acceptors (Lipinski definition) is 1.